The average Bonchev–Trinajstić information content (AvgIpc) is 3.67. The fraction of sp³-hybridized carbons (Fsp3) is 0.500. The van der Waals surface area contributed by atoms with Crippen LogP contribution < -0.4 is 5.32 Å². The van der Waals surface area contributed by atoms with Crippen LogP contribution in [-0.4, -0.2) is 96.0 Å². The van der Waals surface area contributed by atoms with Crippen LogP contribution in [0, 0.1) is 11.8 Å². The number of carbonyl (C=O) groups is 1. The second kappa shape index (κ2) is 15.5. The van der Waals surface area contributed by atoms with E-state index in [4.69, 9.17) is 16.7 Å². The molecular formula is C36H42ClF3N6O3S. The van der Waals surface area contributed by atoms with E-state index in [1.807, 2.05) is 16.8 Å². The lowest BCUT2D eigenvalue weighted by Crippen LogP contribution is -2.45. The lowest BCUT2D eigenvalue weighted by Gasteiger charge is -2.36. The zero-order valence-electron chi connectivity index (χ0n) is 28.1. The summed E-state index contributed by atoms with van der Waals surface area (Å²) < 4.78 is 65.9. The van der Waals surface area contributed by atoms with Crippen molar-refractivity contribution in [1.29, 1.82) is 0 Å². The number of fused-ring (bicyclic) bond motifs is 1. The molecule has 6 rings (SSSR count). The van der Waals surface area contributed by atoms with E-state index in [2.05, 4.69) is 27.0 Å². The predicted octanol–water partition coefficient (Wildman–Crippen LogP) is 5.05. The number of nitrogens with one attached hydrogen (secondary N) is 1. The highest BCUT2D eigenvalue weighted by atomic mass is 35.5. The van der Waals surface area contributed by atoms with Crippen molar-refractivity contribution < 1.29 is 26.4 Å². The number of amides is 1. The summed E-state index contributed by atoms with van der Waals surface area (Å²) in [5.74, 6) is 6.51. The van der Waals surface area contributed by atoms with Crippen molar-refractivity contribution >= 4 is 27.5 Å². The molecule has 0 spiro atoms. The third kappa shape index (κ3) is 9.08. The molecule has 2 aromatic carbocycles. The minimum Gasteiger partial charge on any atom is -0.340 e. The van der Waals surface area contributed by atoms with Gasteiger partial charge < -0.3 is 15.1 Å². The highest BCUT2D eigenvalue weighted by Crippen LogP contribution is 2.33. The first-order chi connectivity index (χ1) is 23.8. The van der Waals surface area contributed by atoms with Crippen molar-refractivity contribution in [2.24, 2.45) is 0 Å². The van der Waals surface area contributed by atoms with Gasteiger partial charge in [-0.1, -0.05) is 41.6 Å². The number of alkyl halides is 3. The van der Waals surface area contributed by atoms with Gasteiger partial charge in [-0.25, -0.2) is 8.42 Å². The van der Waals surface area contributed by atoms with Gasteiger partial charge in [-0.2, -0.15) is 22.6 Å². The van der Waals surface area contributed by atoms with E-state index in [-0.39, 0.29) is 13.1 Å². The number of benzene rings is 2. The fourth-order valence-electron chi connectivity index (χ4n) is 7.08. The van der Waals surface area contributed by atoms with Gasteiger partial charge in [0.05, 0.1) is 23.5 Å². The molecule has 0 atom stereocenters. The highest BCUT2D eigenvalue weighted by Gasteiger charge is 2.32. The molecule has 2 fully saturated rings. The molecule has 3 aliphatic rings. The van der Waals surface area contributed by atoms with Crippen LogP contribution in [-0.2, 0) is 40.9 Å². The smallest absolute Gasteiger partial charge is 0.340 e. The van der Waals surface area contributed by atoms with Crippen LogP contribution in [0.15, 0.2) is 42.5 Å². The third-order valence-electron chi connectivity index (χ3n) is 9.71. The maximum atomic E-state index is 12.5. The Morgan fingerprint density at radius 3 is 2.44 bits per heavy atom. The maximum Gasteiger partial charge on any atom is 0.401 e. The summed E-state index contributed by atoms with van der Waals surface area (Å²) in [4.78, 5) is 16.7. The molecule has 1 aromatic heterocycles. The number of aromatic nitrogens is 2. The largest absolute Gasteiger partial charge is 0.401 e. The van der Waals surface area contributed by atoms with Crippen molar-refractivity contribution in [2.45, 2.75) is 70.4 Å². The predicted molar refractivity (Wildman–Crippen MR) is 187 cm³/mol. The Morgan fingerprint density at radius 2 is 1.76 bits per heavy atom. The number of hydrogen-bond acceptors (Lipinski definition) is 6. The van der Waals surface area contributed by atoms with Gasteiger partial charge in [-0.15, -0.1) is 0 Å². The minimum atomic E-state index is -4.26. The van der Waals surface area contributed by atoms with Crippen LogP contribution in [0.25, 0.3) is 11.3 Å². The van der Waals surface area contributed by atoms with Crippen LogP contribution in [0.5, 0.6) is 0 Å². The number of rotatable bonds is 10. The Balaban J connectivity index is 1.16. The molecule has 3 aromatic rings. The number of hydrogen-bond donors (Lipinski definition) is 1. The number of nitrogens with zero attached hydrogens (tertiary/aromatic N) is 5. The van der Waals surface area contributed by atoms with Gasteiger partial charge in [-0.05, 0) is 62.1 Å². The van der Waals surface area contributed by atoms with Crippen LogP contribution in [0.4, 0.5) is 13.2 Å². The number of sulfonamides is 1. The van der Waals surface area contributed by atoms with E-state index in [9.17, 15) is 26.4 Å². The van der Waals surface area contributed by atoms with E-state index < -0.39 is 22.7 Å². The van der Waals surface area contributed by atoms with E-state index in [1.54, 1.807) is 30.3 Å². The van der Waals surface area contributed by atoms with Crippen molar-refractivity contribution in [3.8, 4) is 23.1 Å². The van der Waals surface area contributed by atoms with E-state index in [1.165, 1.54) is 10.6 Å². The molecule has 0 aliphatic carbocycles. The number of carbonyl (C=O) groups excluding carboxylic acids is 1. The van der Waals surface area contributed by atoms with Crippen molar-refractivity contribution in [1.82, 2.24) is 29.2 Å². The molecule has 50 heavy (non-hydrogen) atoms. The summed E-state index contributed by atoms with van der Waals surface area (Å²) in [6, 6.07) is 12.8. The van der Waals surface area contributed by atoms with Crippen molar-refractivity contribution in [3.63, 3.8) is 0 Å². The molecule has 268 valence electrons. The molecule has 0 radical (unpaired) electrons. The summed E-state index contributed by atoms with van der Waals surface area (Å²) in [5.41, 5.74) is 5.40. The first-order valence-electron chi connectivity index (χ1n) is 17.1. The van der Waals surface area contributed by atoms with Gasteiger partial charge in [0.25, 0.3) is 0 Å². The summed E-state index contributed by atoms with van der Waals surface area (Å²) in [6.45, 7) is 4.12. The Bertz CT molecular complexity index is 1860. The molecule has 0 bridgehead atoms. The normalized spacial score (nSPS) is 17.9. The summed E-state index contributed by atoms with van der Waals surface area (Å²) in [5, 5.41) is 7.88. The second-order valence-corrected chi connectivity index (χ2v) is 15.7. The molecule has 3 aliphatic heterocycles. The molecule has 0 saturated carbocycles. The molecule has 1 N–H and O–H groups in total. The Labute approximate surface area is 296 Å². The van der Waals surface area contributed by atoms with Gasteiger partial charge in [-0.3, -0.25) is 9.48 Å². The van der Waals surface area contributed by atoms with Gasteiger partial charge in [0.1, 0.15) is 0 Å². The lowest BCUT2D eigenvalue weighted by molar-refractivity contribution is -0.130. The molecule has 4 heterocycles. The van der Waals surface area contributed by atoms with E-state index >= 15 is 0 Å². The molecule has 0 unspecified atom stereocenters. The fourth-order valence-corrected chi connectivity index (χ4v) is 8.03. The standard InChI is InChI=1S/C36H42ClF3N6O3S/c1-50(48,49)44-21-15-33-31(24-44)35(42-46(33)18-3-16-43-19-13-30(14-20-43)45-17-2-4-34(45)47)29-11-12-32(37)28(22-29)10-9-26-5-7-27(8-6-26)23-41-25-36(38,39)40/h5-8,11-12,22,30,41H,2-4,13-21,23-25H2,1H3. The van der Waals surface area contributed by atoms with Crippen LogP contribution in [0.3, 0.4) is 0 Å². The monoisotopic (exact) mass is 730 g/mol. The number of halogens is 4. The average molecular weight is 731 g/mol. The first-order valence-corrected chi connectivity index (χ1v) is 19.3. The Morgan fingerprint density at radius 1 is 1.00 bits per heavy atom. The van der Waals surface area contributed by atoms with Gasteiger partial charge in [0.2, 0.25) is 15.9 Å². The van der Waals surface area contributed by atoms with E-state index in [0.29, 0.717) is 65.3 Å². The van der Waals surface area contributed by atoms with Gasteiger partial charge in [0, 0.05) is 92.6 Å². The van der Waals surface area contributed by atoms with Crippen LogP contribution in [0.2, 0.25) is 5.02 Å². The SMILES string of the molecule is CS(=O)(=O)N1CCc2c(c(-c3ccc(Cl)c(C#Cc4ccc(CNCC(F)(F)F)cc4)c3)nn2CCCN2CCC(N3CCCC3=O)CC2)C1. The van der Waals surface area contributed by atoms with Crippen LogP contribution >= 0.6 is 11.6 Å². The topological polar surface area (TPSA) is 90.8 Å². The third-order valence-corrected chi connectivity index (χ3v) is 11.3. The number of aryl methyl sites for hydroxylation is 1. The van der Waals surface area contributed by atoms with Gasteiger partial charge in [0.15, 0.2) is 0 Å². The van der Waals surface area contributed by atoms with E-state index in [0.717, 1.165) is 68.7 Å². The summed E-state index contributed by atoms with van der Waals surface area (Å²) in [7, 11) is -3.41. The molecular weight excluding hydrogens is 689 g/mol. The summed E-state index contributed by atoms with van der Waals surface area (Å²) >= 11 is 6.56. The summed E-state index contributed by atoms with van der Waals surface area (Å²) in [6.07, 6.45) is 2.07. The Hall–Kier alpha value is -3.41. The van der Waals surface area contributed by atoms with Crippen LogP contribution in [0.1, 0.15) is 60.1 Å². The molecule has 2 saturated heterocycles. The van der Waals surface area contributed by atoms with Crippen molar-refractivity contribution in [3.05, 3.63) is 75.4 Å². The maximum absolute atomic E-state index is 12.5. The quantitative estimate of drug-likeness (QED) is 0.294. The molecule has 9 nitrogen and oxygen atoms in total. The number of likely N-dealkylation sites (tertiary alicyclic amines) is 2. The van der Waals surface area contributed by atoms with Gasteiger partial charge >= 0.3 is 6.18 Å². The second-order valence-electron chi connectivity index (χ2n) is 13.3. The van der Waals surface area contributed by atoms with Crippen molar-refractivity contribution in [2.75, 3.05) is 45.5 Å². The zero-order valence-corrected chi connectivity index (χ0v) is 29.7. The molecule has 14 heteroatoms. The highest BCUT2D eigenvalue weighted by molar-refractivity contribution is 7.88. The minimum absolute atomic E-state index is 0.0928. The number of piperidine rings is 1. The zero-order chi connectivity index (χ0) is 35.5. The molecule has 1 amide bonds. The lowest BCUT2D eigenvalue weighted by atomic mass is 10.0. The Kier molecular flexibility index (Phi) is 11.2. The first kappa shape index (κ1) is 36.4.